The van der Waals surface area contributed by atoms with E-state index in [1.165, 1.54) is 25.0 Å². The lowest BCUT2D eigenvalue weighted by atomic mass is 9.96. The molecular formula is C14H20ClFN2O. The predicted molar refractivity (Wildman–Crippen MR) is 76.2 cm³/mol. The highest BCUT2D eigenvalue weighted by atomic mass is 35.5. The first kappa shape index (κ1) is 15.9. The molecule has 0 bridgehead atoms. The zero-order chi connectivity index (χ0) is 12.8. The summed E-state index contributed by atoms with van der Waals surface area (Å²) in [5, 5.41) is 6.12. The second-order valence-corrected chi connectivity index (χ2v) is 4.74. The highest BCUT2D eigenvalue weighted by Crippen LogP contribution is 2.13. The van der Waals surface area contributed by atoms with Crippen LogP contribution in [0.1, 0.15) is 29.6 Å². The first-order valence-electron chi connectivity index (χ1n) is 6.51. The number of halogens is 2. The minimum absolute atomic E-state index is 0. The van der Waals surface area contributed by atoms with Crippen LogP contribution in [0, 0.1) is 11.7 Å². The second-order valence-electron chi connectivity index (χ2n) is 4.74. The molecule has 1 amide bonds. The van der Waals surface area contributed by atoms with Crippen molar-refractivity contribution in [3.8, 4) is 0 Å². The van der Waals surface area contributed by atoms with Crippen LogP contribution in [0.15, 0.2) is 24.3 Å². The van der Waals surface area contributed by atoms with Gasteiger partial charge in [0, 0.05) is 6.54 Å². The molecule has 1 aliphatic heterocycles. The lowest BCUT2D eigenvalue weighted by Gasteiger charge is -2.22. The van der Waals surface area contributed by atoms with Crippen molar-refractivity contribution >= 4 is 18.3 Å². The molecule has 1 unspecified atom stereocenters. The minimum Gasteiger partial charge on any atom is -0.352 e. The number of hydrogen-bond donors (Lipinski definition) is 2. The van der Waals surface area contributed by atoms with E-state index in [2.05, 4.69) is 10.6 Å². The van der Waals surface area contributed by atoms with Crippen LogP contribution in [0.3, 0.4) is 0 Å². The van der Waals surface area contributed by atoms with E-state index >= 15 is 0 Å². The van der Waals surface area contributed by atoms with Crippen molar-refractivity contribution in [1.29, 1.82) is 0 Å². The van der Waals surface area contributed by atoms with Crippen molar-refractivity contribution in [2.75, 3.05) is 19.6 Å². The molecule has 0 spiro atoms. The minimum atomic E-state index is -0.464. The maximum Gasteiger partial charge on any atom is 0.254 e. The molecule has 0 aliphatic carbocycles. The van der Waals surface area contributed by atoms with Crippen LogP contribution in [-0.2, 0) is 0 Å². The molecule has 1 aromatic carbocycles. The van der Waals surface area contributed by atoms with Gasteiger partial charge < -0.3 is 10.6 Å². The molecule has 1 atom stereocenters. The Bertz CT molecular complexity index is 408. The van der Waals surface area contributed by atoms with Crippen LogP contribution in [0.5, 0.6) is 0 Å². The van der Waals surface area contributed by atoms with Gasteiger partial charge in [-0.15, -0.1) is 12.4 Å². The fourth-order valence-electron chi connectivity index (χ4n) is 2.30. The Morgan fingerprint density at radius 1 is 1.42 bits per heavy atom. The fraction of sp³-hybridized carbons (Fsp3) is 0.500. The fourth-order valence-corrected chi connectivity index (χ4v) is 2.30. The molecule has 1 saturated heterocycles. The lowest BCUT2D eigenvalue weighted by molar-refractivity contribution is 0.0946. The van der Waals surface area contributed by atoms with Crippen LogP contribution < -0.4 is 10.6 Å². The van der Waals surface area contributed by atoms with E-state index in [4.69, 9.17) is 0 Å². The first-order chi connectivity index (χ1) is 8.77. The van der Waals surface area contributed by atoms with Crippen LogP contribution in [0.25, 0.3) is 0 Å². The van der Waals surface area contributed by atoms with Gasteiger partial charge in [0.15, 0.2) is 0 Å². The predicted octanol–water partition coefficient (Wildman–Crippen LogP) is 2.37. The molecule has 2 N–H and O–H groups in total. The van der Waals surface area contributed by atoms with E-state index in [1.807, 2.05) is 0 Å². The third kappa shape index (κ3) is 4.80. The van der Waals surface area contributed by atoms with Gasteiger partial charge in [0.2, 0.25) is 0 Å². The summed E-state index contributed by atoms with van der Waals surface area (Å²) in [5.74, 6) is -0.161. The molecule has 1 heterocycles. The van der Waals surface area contributed by atoms with Crippen LogP contribution in [0.2, 0.25) is 0 Å². The number of amides is 1. The van der Waals surface area contributed by atoms with Gasteiger partial charge >= 0.3 is 0 Å². The summed E-state index contributed by atoms with van der Waals surface area (Å²) in [6.45, 7) is 2.73. The maximum absolute atomic E-state index is 13.4. The Kier molecular flexibility index (Phi) is 6.81. The Hall–Kier alpha value is -1.13. The number of rotatable bonds is 4. The van der Waals surface area contributed by atoms with Gasteiger partial charge in [-0.25, -0.2) is 4.39 Å². The average Bonchev–Trinajstić information content (AvgIpc) is 2.40. The summed E-state index contributed by atoms with van der Waals surface area (Å²) in [5.41, 5.74) is 0.124. The molecule has 1 fully saturated rings. The van der Waals surface area contributed by atoms with E-state index in [0.717, 1.165) is 19.5 Å². The first-order valence-corrected chi connectivity index (χ1v) is 6.51. The molecule has 1 aromatic rings. The van der Waals surface area contributed by atoms with Gasteiger partial charge in [-0.2, -0.15) is 0 Å². The normalized spacial score (nSPS) is 18.5. The number of nitrogens with one attached hydrogen (secondary N) is 2. The third-order valence-corrected chi connectivity index (χ3v) is 3.36. The Morgan fingerprint density at radius 2 is 2.21 bits per heavy atom. The topological polar surface area (TPSA) is 41.1 Å². The van der Waals surface area contributed by atoms with E-state index < -0.39 is 5.82 Å². The average molecular weight is 287 g/mol. The monoisotopic (exact) mass is 286 g/mol. The van der Waals surface area contributed by atoms with Crippen molar-refractivity contribution < 1.29 is 9.18 Å². The zero-order valence-electron chi connectivity index (χ0n) is 10.8. The molecular weight excluding hydrogens is 267 g/mol. The SMILES string of the molecule is Cl.O=C(NCCC1CCCNC1)c1ccccc1F. The quantitative estimate of drug-likeness (QED) is 0.892. The Balaban J connectivity index is 0.00000180. The highest BCUT2D eigenvalue weighted by molar-refractivity contribution is 5.94. The van der Waals surface area contributed by atoms with Crippen molar-refractivity contribution in [2.45, 2.75) is 19.3 Å². The van der Waals surface area contributed by atoms with E-state index in [9.17, 15) is 9.18 Å². The Labute approximate surface area is 119 Å². The molecule has 106 valence electrons. The maximum atomic E-state index is 13.4. The molecule has 0 radical (unpaired) electrons. The van der Waals surface area contributed by atoms with E-state index in [-0.39, 0.29) is 23.9 Å². The summed E-state index contributed by atoms with van der Waals surface area (Å²) in [4.78, 5) is 11.7. The smallest absolute Gasteiger partial charge is 0.254 e. The number of piperidine rings is 1. The largest absolute Gasteiger partial charge is 0.352 e. The summed E-state index contributed by atoms with van der Waals surface area (Å²) < 4.78 is 13.4. The van der Waals surface area contributed by atoms with Gasteiger partial charge in [0.25, 0.3) is 5.91 Å². The van der Waals surface area contributed by atoms with Gasteiger partial charge in [-0.1, -0.05) is 12.1 Å². The van der Waals surface area contributed by atoms with Crippen molar-refractivity contribution in [3.05, 3.63) is 35.6 Å². The van der Waals surface area contributed by atoms with Crippen molar-refractivity contribution in [3.63, 3.8) is 0 Å². The van der Waals surface area contributed by atoms with Gasteiger partial charge in [-0.3, -0.25) is 4.79 Å². The van der Waals surface area contributed by atoms with Crippen molar-refractivity contribution in [1.82, 2.24) is 10.6 Å². The summed E-state index contributed by atoms with van der Waals surface area (Å²) in [6.07, 6.45) is 3.36. The van der Waals surface area contributed by atoms with E-state index in [0.29, 0.717) is 12.5 Å². The number of hydrogen-bond acceptors (Lipinski definition) is 2. The summed E-state index contributed by atoms with van der Waals surface area (Å²) in [6, 6.07) is 6.07. The number of carbonyl (C=O) groups excluding carboxylic acids is 1. The van der Waals surface area contributed by atoms with Crippen molar-refractivity contribution in [2.24, 2.45) is 5.92 Å². The van der Waals surface area contributed by atoms with Crippen LogP contribution >= 0.6 is 12.4 Å². The number of benzene rings is 1. The van der Waals surface area contributed by atoms with Gasteiger partial charge in [0.05, 0.1) is 5.56 Å². The third-order valence-electron chi connectivity index (χ3n) is 3.36. The molecule has 5 heteroatoms. The zero-order valence-corrected chi connectivity index (χ0v) is 11.6. The van der Waals surface area contributed by atoms with Gasteiger partial charge in [0.1, 0.15) is 5.82 Å². The summed E-state index contributed by atoms with van der Waals surface area (Å²) >= 11 is 0. The molecule has 3 nitrogen and oxygen atoms in total. The van der Waals surface area contributed by atoms with E-state index in [1.54, 1.807) is 12.1 Å². The molecule has 2 rings (SSSR count). The Morgan fingerprint density at radius 3 is 2.89 bits per heavy atom. The lowest BCUT2D eigenvalue weighted by Crippen LogP contribution is -2.33. The highest BCUT2D eigenvalue weighted by Gasteiger charge is 2.14. The van der Waals surface area contributed by atoms with Crippen LogP contribution in [-0.4, -0.2) is 25.5 Å². The molecule has 1 aliphatic rings. The van der Waals surface area contributed by atoms with Gasteiger partial charge in [-0.05, 0) is 50.4 Å². The molecule has 0 saturated carbocycles. The number of carbonyl (C=O) groups is 1. The molecule has 19 heavy (non-hydrogen) atoms. The molecule has 0 aromatic heterocycles. The second kappa shape index (κ2) is 8.12. The standard InChI is InChI=1S/C14H19FN2O.ClH/c15-13-6-2-1-5-12(13)14(18)17-9-7-11-4-3-8-16-10-11;/h1-2,5-6,11,16H,3-4,7-10H2,(H,17,18);1H. The summed E-state index contributed by atoms with van der Waals surface area (Å²) in [7, 11) is 0. The van der Waals surface area contributed by atoms with Crippen LogP contribution in [0.4, 0.5) is 4.39 Å².